The second-order valence-electron chi connectivity index (χ2n) is 3.29. The zero-order valence-electron chi connectivity index (χ0n) is 8.89. The molecule has 7 heteroatoms. The van der Waals surface area contributed by atoms with Gasteiger partial charge in [0.2, 0.25) is 11.7 Å². The third-order valence-electron chi connectivity index (χ3n) is 1.94. The van der Waals surface area contributed by atoms with Gasteiger partial charge in [0.15, 0.2) is 0 Å². The Morgan fingerprint density at radius 2 is 1.67 bits per heavy atom. The van der Waals surface area contributed by atoms with Gasteiger partial charge in [0.05, 0.1) is 0 Å². The van der Waals surface area contributed by atoms with E-state index >= 15 is 0 Å². The van der Waals surface area contributed by atoms with Crippen LogP contribution in [-0.4, -0.2) is 12.1 Å². The quantitative estimate of drug-likeness (QED) is 0.660. The van der Waals surface area contributed by atoms with Crippen LogP contribution in [0.2, 0.25) is 0 Å². The number of hydrogen-bond donors (Lipinski definition) is 1. The lowest BCUT2D eigenvalue weighted by atomic mass is 10.2. The highest BCUT2D eigenvalue weighted by atomic mass is 19.4. The summed E-state index contributed by atoms with van der Waals surface area (Å²) in [5, 5.41) is 1.84. The van der Waals surface area contributed by atoms with Crippen molar-refractivity contribution in [2.75, 3.05) is 0 Å². The molecule has 0 spiro atoms. The number of carbonyl (C=O) groups is 1. The first kappa shape index (κ1) is 14.1. The minimum atomic E-state index is -5.51. The molecule has 0 aromatic heterocycles. The second-order valence-corrected chi connectivity index (χ2v) is 3.29. The smallest absolute Gasteiger partial charge is 0.346 e. The van der Waals surface area contributed by atoms with Gasteiger partial charge in [-0.1, -0.05) is 30.3 Å². The molecule has 1 amide bonds. The molecule has 0 atom stereocenters. The van der Waals surface area contributed by atoms with Crippen LogP contribution in [0.5, 0.6) is 0 Å². The van der Waals surface area contributed by atoms with E-state index in [0.717, 1.165) is 0 Å². The molecule has 0 aliphatic heterocycles. The fourth-order valence-corrected chi connectivity index (χ4v) is 1.08. The van der Waals surface area contributed by atoms with Crippen LogP contribution in [0.4, 0.5) is 22.0 Å². The highest BCUT2D eigenvalue weighted by molar-refractivity contribution is 5.91. The van der Waals surface area contributed by atoms with Crippen molar-refractivity contribution in [3.8, 4) is 0 Å². The molecule has 2 nitrogen and oxygen atoms in total. The van der Waals surface area contributed by atoms with Crippen molar-refractivity contribution >= 4 is 5.91 Å². The molecule has 0 bridgehead atoms. The van der Waals surface area contributed by atoms with E-state index in [0.29, 0.717) is 5.56 Å². The van der Waals surface area contributed by atoms with Crippen LogP contribution in [0.25, 0.3) is 0 Å². The highest BCUT2D eigenvalue weighted by Crippen LogP contribution is 2.29. The monoisotopic (exact) mass is 265 g/mol. The molecule has 0 aliphatic rings. The molecule has 1 rings (SSSR count). The summed E-state index contributed by atoms with van der Waals surface area (Å²) in [4.78, 5) is 10.9. The van der Waals surface area contributed by atoms with Gasteiger partial charge in [0.25, 0.3) is 5.91 Å². The molecule has 1 N–H and O–H groups in total. The van der Waals surface area contributed by atoms with E-state index in [-0.39, 0.29) is 6.54 Å². The van der Waals surface area contributed by atoms with Crippen molar-refractivity contribution in [1.29, 1.82) is 0 Å². The van der Waals surface area contributed by atoms with Crippen LogP contribution in [0.3, 0.4) is 0 Å². The average Bonchev–Trinajstić information content (AvgIpc) is 2.34. The Balaban J connectivity index is 2.67. The van der Waals surface area contributed by atoms with Crippen LogP contribution in [0.15, 0.2) is 42.0 Å². The van der Waals surface area contributed by atoms with Gasteiger partial charge in [-0.3, -0.25) is 4.79 Å². The van der Waals surface area contributed by atoms with Crippen molar-refractivity contribution in [2.45, 2.75) is 12.7 Å². The fraction of sp³-hybridized carbons (Fsp3) is 0.182. The number of rotatable bonds is 3. The van der Waals surface area contributed by atoms with Crippen LogP contribution in [-0.2, 0) is 11.3 Å². The maximum Gasteiger partial charge on any atom is 0.446 e. The third-order valence-corrected chi connectivity index (χ3v) is 1.94. The molecular formula is C11H8F5NO. The number of benzene rings is 1. The number of nitrogens with one attached hydrogen (secondary N) is 1. The zero-order valence-corrected chi connectivity index (χ0v) is 8.89. The molecule has 0 radical (unpaired) electrons. The summed E-state index contributed by atoms with van der Waals surface area (Å²) in [6.07, 6.45) is -5.51. The summed E-state index contributed by atoms with van der Waals surface area (Å²) in [7, 11) is 0. The maximum atomic E-state index is 12.8. The molecule has 18 heavy (non-hydrogen) atoms. The molecule has 0 fully saturated rings. The number of carbonyl (C=O) groups excluding carboxylic acids is 1. The normalized spacial score (nSPS) is 12.9. The van der Waals surface area contributed by atoms with E-state index in [1.807, 2.05) is 5.32 Å². The van der Waals surface area contributed by atoms with Crippen molar-refractivity contribution in [3.05, 3.63) is 47.5 Å². The first-order valence-electron chi connectivity index (χ1n) is 4.77. The third kappa shape index (κ3) is 3.83. The van der Waals surface area contributed by atoms with Gasteiger partial charge in [-0.15, -0.1) is 0 Å². The van der Waals surface area contributed by atoms with Crippen molar-refractivity contribution in [1.82, 2.24) is 5.32 Å². The summed E-state index contributed by atoms with van der Waals surface area (Å²) in [5.41, 5.74) is 0.547. The molecule has 1 aromatic rings. The average molecular weight is 265 g/mol. The Bertz CT molecular complexity index is 452. The van der Waals surface area contributed by atoms with Gasteiger partial charge in [0.1, 0.15) is 0 Å². The number of allylic oxidation sites excluding steroid dienone is 1. The lowest BCUT2D eigenvalue weighted by Gasteiger charge is -2.06. The van der Waals surface area contributed by atoms with Crippen LogP contribution in [0.1, 0.15) is 5.56 Å². The summed E-state index contributed by atoms with van der Waals surface area (Å²) in [6, 6.07) is 8.09. The van der Waals surface area contributed by atoms with Crippen LogP contribution in [0, 0.1) is 0 Å². The Morgan fingerprint density at radius 3 is 2.17 bits per heavy atom. The van der Waals surface area contributed by atoms with Gasteiger partial charge in [-0.05, 0) is 5.56 Å². The first-order chi connectivity index (χ1) is 8.32. The zero-order chi connectivity index (χ0) is 13.8. The van der Waals surface area contributed by atoms with E-state index in [1.54, 1.807) is 30.3 Å². The summed E-state index contributed by atoms with van der Waals surface area (Å²) >= 11 is 0. The lowest BCUT2D eigenvalue weighted by Crippen LogP contribution is -2.25. The van der Waals surface area contributed by atoms with E-state index in [2.05, 4.69) is 0 Å². The number of alkyl halides is 3. The molecule has 0 heterocycles. The predicted molar refractivity (Wildman–Crippen MR) is 53.6 cm³/mol. The van der Waals surface area contributed by atoms with Crippen LogP contribution >= 0.6 is 0 Å². The van der Waals surface area contributed by atoms with Gasteiger partial charge in [-0.2, -0.15) is 22.0 Å². The van der Waals surface area contributed by atoms with E-state index in [4.69, 9.17) is 0 Å². The Hall–Kier alpha value is -1.92. The largest absolute Gasteiger partial charge is 0.446 e. The van der Waals surface area contributed by atoms with Crippen LogP contribution < -0.4 is 5.32 Å². The molecule has 0 saturated heterocycles. The minimum Gasteiger partial charge on any atom is -0.346 e. The molecule has 0 saturated carbocycles. The summed E-state index contributed by atoms with van der Waals surface area (Å²) in [5.74, 6) is -7.25. The molecule has 1 aromatic carbocycles. The molecular weight excluding hydrogens is 257 g/mol. The van der Waals surface area contributed by atoms with E-state index < -0.39 is 23.7 Å². The van der Waals surface area contributed by atoms with Gasteiger partial charge in [0, 0.05) is 6.54 Å². The number of halogens is 5. The van der Waals surface area contributed by atoms with Gasteiger partial charge >= 0.3 is 6.18 Å². The Morgan fingerprint density at radius 1 is 1.11 bits per heavy atom. The Kier molecular flexibility index (Phi) is 4.41. The Labute approximate surface area is 99.1 Å². The topological polar surface area (TPSA) is 29.1 Å². The lowest BCUT2D eigenvalue weighted by molar-refractivity contribution is -0.125. The maximum absolute atomic E-state index is 12.8. The predicted octanol–water partition coefficient (Wildman–Crippen LogP) is 3.02. The second kappa shape index (κ2) is 5.61. The van der Waals surface area contributed by atoms with Gasteiger partial charge < -0.3 is 5.32 Å². The van der Waals surface area contributed by atoms with E-state index in [9.17, 15) is 26.7 Å². The fourth-order valence-electron chi connectivity index (χ4n) is 1.08. The minimum absolute atomic E-state index is 0.196. The van der Waals surface area contributed by atoms with Gasteiger partial charge in [-0.25, -0.2) is 0 Å². The van der Waals surface area contributed by atoms with Crippen molar-refractivity contribution < 1.29 is 26.7 Å². The van der Waals surface area contributed by atoms with Crippen molar-refractivity contribution in [3.63, 3.8) is 0 Å². The number of hydrogen-bond acceptors (Lipinski definition) is 1. The SMILES string of the molecule is O=C(NCc1ccccc1)/C(F)=C(\F)C(F)(F)F. The van der Waals surface area contributed by atoms with E-state index in [1.165, 1.54) is 0 Å². The standard InChI is InChI=1S/C11H8F5NO/c12-8(9(13)11(14,15)16)10(18)17-6-7-4-2-1-3-5-7/h1-5H,6H2,(H,17,18)/b9-8+. The number of amides is 1. The first-order valence-corrected chi connectivity index (χ1v) is 4.77. The highest BCUT2D eigenvalue weighted by Gasteiger charge is 2.40. The molecule has 98 valence electrons. The molecule has 0 aliphatic carbocycles. The van der Waals surface area contributed by atoms with Crippen molar-refractivity contribution in [2.24, 2.45) is 0 Å². The summed E-state index contributed by atoms with van der Waals surface area (Å²) < 4.78 is 60.5. The molecule has 0 unspecified atom stereocenters. The summed E-state index contributed by atoms with van der Waals surface area (Å²) in [6.45, 7) is -0.196.